The van der Waals surface area contributed by atoms with Crippen LogP contribution in [0.25, 0.3) is 0 Å². The van der Waals surface area contributed by atoms with Gasteiger partial charge in [-0.05, 0) is 18.0 Å². The molecular formula is C5H11ClN4. The van der Waals surface area contributed by atoms with E-state index in [1.165, 1.54) is 0 Å². The maximum absolute atomic E-state index is 5.71. The van der Waals surface area contributed by atoms with Gasteiger partial charge in [0.1, 0.15) is 0 Å². The highest BCUT2D eigenvalue weighted by atomic mass is 35.5. The first-order valence-corrected chi connectivity index (χ1v) is 3.33. The van der Waals surface area contributed by atoms with Crippen molar-refractivity contribution in [1.82, 2.24) is 14.3 Å². The van der Waals surface area contributed by atoms with Gasteiger partial charge in [0, 0.05) is 0 Å². The zero-order chi connectivity index (χ0) is 7.56. The van der Waals surface area contributed by atoms with Crippen molar-refractivity contribution in [2.24, 2.45) is 5.84 Å². The highest BCUT2D eigenvalue weighted by molar-refractivity contribution is 6.13. The molecule has 1 aliphatic rings. The van der Waals surface area contributed by atoms with Crippen molar-refractivity contribution in [3.63, 3.8) is 0 Å². The maximum Gasteiger partial charge on any atom is 0.0871 e. The minimum absolute atomic E-state index is 0.589. The van der Waals surface area contributed by atoms with E-state index in [1.807, 2.05) is 4.90 Å². The summed E-state index contributed by atoms with van der Waals surface area (Å²) >= 11 is 5.71. The van der Waals surface area contributed by atoms with Gasteiger partial charge < -0.3 is 4.90 Å². The molecule has 0 unspecified atom stereocenters. The summed E-state index contributed by atoms with van der Waals surface area (Å²) in [5.41, 5.74) is 0. The molecule has 5 heteroatoms. The molecule has 0 atom stereocenters. The second-order valence-electron chi connectivity index (χ2n) is 2.25. The van der Waals surface area contributed by atoms with Crippen molar-refractivity contribution >= 4 is 11.8 Å². The van der Waals surface area contributed by atoms with Crippen LogP contribution < -0.4 is 5.84 Å². The Morgan fingerprint density at radius 2 is 2.10 bits per heavy atom. The summed E-state index contributed by atoms with van der Waals surface area (Å²) in [5.74, 6) is 5.51. The monoisotopic (exact) mass is 162 g/mol. The van der Waals surface area contributed by atoms with Crippen LogP contribution in [0.4, 0.5) is 0 Å². The first kappa shape index (κ1) is 7.81. The third-order valence-corrected chi connectivity index (χ3v) is 1.51. The Hall–Kier alpha value is -0.290. The van der Waals surface area contributed by atoms with Crippen molar-refractivity contribution in [3.05, 3.63) is 12.8 Å². The van der Waals surface area contributed by atoms with Gasteiger partial charge in [-0.25, -0.2) is 5.01 Å². The molecule has 0 aromatic heterocycles. The summed E-state index contributed by atoms with van der Waals surface area (Å²) in [5, 5.41) is 1.61. The normalized spacial score (nSPS) is 23.2. The Bertz CT molecular complexity index is 119. The minimum atomic E-state index is 0.589. The van der Waals surface area contributed by atoms with Gasteiger partial charge in [0.25, 0.3) is 0 Å². The van der Waals surface area contributed by atoms with Crippen LogP contribution in [0.15, 0.2) is 12.8 Å². The lowest BCUT2D eigenvalue weighted by molar-refractivity contribution is 0.0444. The van der Waals surface area contributed by atoms with Crippen molar-refractivity contribution in [1.29, 1.82) is 0 Å². The molecule has 0 aliphatic carbocycles. The predicted molar refractivity (Wildman–Crippen MR) is 40.4 cm³/mol. The van der Waals surface area contributed by atoms with Gasteiger partial charge in [0.15, 0.2) is 0 Å². The van der Waals surface area contributed by atoms with Crippen LogP contribution in [0.3, 0.4) is 0 Å². The Balaban J connectivity index is 2.42. The lowest BCUT2D eigenvalue weighted by atomic mass is 10.6. The van der Waals surface area contributed by atoms with Gasteiger partial charge in [0.2, 0.25) is 0 Å². The smallest absolute Gasteiger partial charge is 0.0871 e. The van der Waals surface area contributed by atoms with Crippen molar-refractivity contribution in [2.45, 2.75) is 0 Å². The number of hydrazine groups is 1. The lowest BCUT2D eigenvalue weighted by Gasteiger charge is -2.35. The third-order valence-electron chi connectivity index (χ3n) is 1.29. The molecule has 1 heterocycles. The molecule has 1 rings (SSSR count). The van der Waals surface area contributed by atoms with Gasteiger partial charge in [-0.3, -0.25) is 5.84 Å². The van der Waals surface area contributed by atoms with Crippen LogP contribution >= 0.6 is 11.8 Å². The summed E-state index contributed by atoms with van der Waals surface area (Å²) in [6.07, 6.45) is 1.72. The fourth-order valence-electron chi connectivity index (χ4n) is 0.877. The summed E-state index contributed by atoms with van der Waals surface area (Å²) in [7, 11) is 0. The van der Waals surface area contributed by atoms with E-state index in [0.29, 0.717) is 20.0 Å². The van der Waals surface area contributed by atoms with Crippen LogP contribution in [0.1, 0.15) is 0 Å². The second-order valence-corrected chi connectivity index (χ2v) is 2.73. The van der Waals surface area contributed by atoms with E-state index < -0.39 is 0 Å². The molecule has 0 aromatic carbocycles. The van der Waals surface area contributed by atoms with E-state index in [0.717, 1.165) is 0 Å². The summed E-state index contributed by atoms with van der Waals surface area (Å²) in [6, 6.07) is 0. The number of halogens is 1. The van der Waals surface area contributed by atoms with Gasteiger partial charge >= 0.3 is 0 Å². The zero-order valence-electron chi connectivity index (χ0n) is 5.70. The fourth-order valence-corrected chi connectivity index (χ4v) is 1.15. The summed E-state index contributed by atoms with van der Waals surface area (Å²) in [4.78, 5) is 1.91. The molecule has 0 amide bonds. The van der Waals surface area contributed by atoms with Crippen LogP contribution in [0.2, 0.25) is 0 Å². The topological polar surface area (TPSA) is 35.7 Å². The Kier molecular flexibility index (Phi) is 2.50. The van der Waals surface area contributed by atoms with Crippen LogP contribution in [0.5, 0.6) is 0 Å². The molecule has 2 N–H and O–H groups in total. The van der Waals surface area contributed by atoms with Gasteiger partial charge in [-0.15, -0.1) is 0 Å². The fraction of sp³-hybridized carbons (Fsp3) is 0.600. The van der Waals surface area contributed by atoms with Crippen molar-refractivity contribution in [3.8, 4) is 0 Å². The minimum Gasteiger partial charge on any atom is -0.350 e. The highest BCUT2D eigenvalue weighted by Gasteiger charge is 2.16. The first-order valence-electron chi connectivity index (χ1n) is 2.99. The van der Waals surface area contributed by atoms with E-state index in [4.69, 9.17) is 17.6 Å². The average molecular weight is 163 g/mol. The SMILES string of the molecule is C=CN1CN(N)CN(Cl)C1. The average Bonchev–Trinajstić information content (AvgIpc) is 1.85. The van der Waals surface area contributed by atoms with Gasteiger partial charge in [-0.2, -0.15) is 4.42 Å². The molecule has 4 nitrogen and oxygen atoms in total. The number of rotatable bonds is 1. The number of hydrogen-bond donors (Lipinski definition) is 1. The number of nitrogens with zero attached hydrogens (tertiary/aromatic N) is 3. The third kappa shape index (κ3) is 1.85. The molecule has 0 saturated carbocycles. The van der Waals surface area contributed by atoms with E-state index in [9.17, 15) is 0 Å². The van der Waals surface area contributed by atoms with Crippen molar-refractivity contribution < 1.29 is 0 Å². The summed E-state index contributed by atoms with van der Waals surface area (Å²) < 4.78 is 1.59. The van der Waals surface area contributed by atoms with Crippen molar-refractivity contribution in [2.75, 3.05) is 20.0 Å². The molecule has 0 aromatic rings. The first-order chi connectivity index (χ1) is 4.72. The molecular weight excluding hydrogens is 152 g/mol. The van der Waals surface area contributed by atoms with Crippen LogP contribution in [-0.2, 0) is 0 Å². The quantitative estimate of drug-likeness (QED) is 0.433. The molecule has 0 bridgehead atoms. The predicted octanol–water partition coefficient (Wildman–Crippen LogP) is -0.0505. The van der Waals surface area contributed by atoms with Crippen LogP contribution in [0, 0.1) is 0 Å². The molecule has 1 aliphatic heterocycles. The van der Waals surface area contributed by atoms with E-state index >= 15 is 0 Å². The molecule has 0 radical (unpaired) electrons. The summed E-state index contributed by atoms with van der Waals surface area (Å²) in [6.45, 7) is 5.57. The Labute approximate surface area is 65.5 Å². The molecule has 1 fully saturated rings. The maximum atomic E-state index is 5.71. The molecule has 1 saturated heterocycles. The highest BCUT2D eigenvalue weighted by Crippen LogP contribution is 2.05. The Morgan fingerprint density at radius 3 is 2.60 bits per heavy atom. The molecule has 0 spiro atoms. The Morgan fingerprint density at radius 1 is 1.40 bits per heavy atom. The zero-order valence-corrected chi connectivity index (χ0v) is 6.46. The van der Waals surface area contributed by atoms with Crippen LogP contribution in [-0.4, -0.2) is 34.3 Å². The number of nitrogens with two attached hydrogens (primary N) is 1. The molecule has 10 heavy (non-hydrogen) atoms. The molecule has 58 valence electrons. The largest absolute Gasteiger partial charge is 0.350 e. The standard InChI is InChI=1S/C5H11ClN4/c1-2-8-3-9(6)5-10(7)4-8/h2H,1,3-5,7H2. The van der Waals surface area contributed by atoms with E-state index in [2.05, 4.69) is 6.58 Å². The second kappa shape index (κ2) is 3.21. The van der Waals surface area contributed by atoms with Gasteiger partial charge in [-0.1, -0.05) is 6.58 Å². The number of hydrogen-bond acceptors (Lipinski definition) is 4. The lowest BCUT2D eigenvalue weighted by Crippen LogP contribution is -2.52. The van der Waals surface area contributed by atoms with E-state index in [1.54, 1.807) is 15.6 Å². The van der Waals surface area contributed by atoms with Gasteiger partial charge in [0.05, 0.1) is 20.0 Å². The van der Waals surface area contributed by atoms with E-state index in [-0.39, 0.29) is 0 Å².